The van der Waals surface area contributed by atoms with Gasteiger partial charge in [0.1, 0.15) is 0 Å². The van der Waals surface area contributed by atoms with Gasteiger partial charge in [-0.2, -0.15) is 0 Å². The van der Waals surface area contributed by atoms with Crippen LogP contribution in [0.5, 0.6) is 0 Å². The SMILES string of the molecule is CCC(C)N(C)C(C)CNC1CC1. The molecule has 0 heterocycles. The van der Waals surface area contributed by atoms with Crippen molar-refractivity contribution in [2.24, 2.45) is 0 Å². The molecule has 0 aliphatic heterocycles. The predicted octanol–water partition coefficient (Wildman–Crippen LogP) is 1.86. The summed E-state index contributed by atoms with van der Waals surface area (Å²) >= 11 is 0. The van der Waals surface area contributed by atoms with Gasteiger partial charge in [-0.1, -0.05) is 6.92 Å². The number of nitrogens with zero attached hydrogens (tertiary/aromatic N) is 1. The molecule has 1 fully saturated rings. The van der Waals surface area contributed by atoms with Gasteiger partial charge in [-0.25, -0.2) is 0 Å². The minimum atomic E-state index is 0.663. The molecule has 1 rings (SSSR count). The van der Waals surface area contributed by atoms with E-state index in [-0.39, 0.29) is 0 Å². The topological polar surface area (TPSA) is 15.3 Å². The van der Waals surface area contributed by atoms with E-state index in [0.29, 0.717) is 12.1 Å². The summed E-state index contributed by atoms with van der Waals surface area (Å²) in [5, 5.41) is 3.57. The summed E-state index contributed by atoms with van der Waals surface area (Å²) in [6.45, 7) is 8.00. The molecule has 0 amide bonds. The van der Waals surface area contributed by atoms with E-state index in [1.54, 1.807) is 0 Å². The Morgan fingerprint density at radius 1 is 1.31 bits per heavy atom. The van der Waals surface area contributed by atoms with E-state index >= 15 is 0 Å². The van der Waals surface area contributed by atoms with Crippen LogP contribution in [0.15, 0.2) is 0 Å². The van der Waals surface area contributed by atoms with Crippen molar-refractivity contribution in [3.8, 4) is 0 Å². The largest absolute Gasteiger partial charge is 0.312 e. The molecule has 0 aromatic heterocycles. The fourth-order valence-corrected chi connectivity index (χ4v) is 1.49. The van der Waals surface area contributed by atoms with Gasteiger partial charge in [0.2, 0.25) is 0 Å². The van der Waals surface area contributed by atoms with Crippen LogP contribution in [0.4, 0.5) is 0 Å². The molecule has 13 heavy (non-hydrogen) atoms. The van der Waals surface area contributed by atoms with Gasteiger partial charge >= 0.3 is 0 Å². The molecule has 1 saturated carbocycles. The summed E-state index contributed by atoms with van der Waals surface area (Å²) in [5.74, 6) is 0. The number of likely N-dealkylation sites (N-methyl/N-ethyl adjacent to an activating group) is 1. The lowest BCUT2D eigenvalue weighted by atomic mass is 10.2. The average Bonchev–Trinajstić information content (AvgIpc) is 2.95. The second-order valence-corrected chi connectivity index (χ2v) is 4.45. The second kappa shape index (κ2) is 4.97. The van der Waals surface area contributed by atoms with Gasteiger partial charge in [0.15, 0.2) is 0 Å². The maximum Gasteiger partial charge on any atom is 0.0192 e. The Labute approximate surface area is 82.7 Å². The summed E-state index contributed by atoms with van der Waals surface area (Å²) in [7, 11) is 2.23. The van der Waals surface area contributed by atoms with Crippen molar-refractivity contribution in [2.45, 2.75) is 58.2 Å². The van der Waals surface area contributed by atoms with E-state index in [1.807, 2.05) is 0 Å². The van der Waals surface area contributed by atoms with Gasteiger partial charge in [-0.15, -0.1) is 0 Å². The van der Waals surface area contributed by atoms with Crippen molar-refractivity contribution in [3.05, 3.63) is 0 Å². The quantitative estimate of drug-likeness (QED) is 0.678. The van der Waals surface area contributed by atoms with E-state index in [4.69, 9.17) is 0 Å². The Morgan fingerprint density at radius 2 is 1.92 bits per heavy atom. The molecular weight excluding hydrogens is 160 g/mol. The van der Waals surface area contributed by atoms with Crippen LogP contribution in [0.2, 0.25) is 0 Å². The van der Waals surface area contributed by atoms with Crippen LogP contribution in [0.1, 0.15) is 40.0 Å². The van der Waals surface area contributed by atoms with Gasteiger partial charge in [-0.3, -0.25) is 4.90 Å². The second-order valence-electron chi connectivity index (χ2n) is 4.45. The Kier molecular flexibility index (Phi) is 4.20. The number of hydrogen-bond donors (Lipinski definition) is 1. The molecule has 0 aromatic carbocycles. The molecule has 0 spiro atoms. The molecule has 78 valence electrons. The smallest absolute Gasteiger partial charge is 0.0192 e. The first-order chi connectivity index (χ1) is 6.15. The van der Waals surface area contributed by atoms with E-state index in [2.05, 4.69) is 38.0 Å². The van der Waals surface area contributed by atoms with Crippen molar-refractivity contribution in [1.82, 2.24) is 10.2 Å². The molecule has 0 aromatic rings. The third kappa shape index (κ3) is 3.65. The average molecular weight is 184 g/mol. The molecule has 1 aliphatic carbocycles. The summed E-state index contributed by atoms with van der Waals surface area (Å²) in [6, 6.07) is 2.21. The van der Waals surface area contributed by atoms with Gasteiger partial charge in [0.25, 0.3) is 0 Å². The maximum atomic E-state index is 3.57. The Hall–Kier alpha value is -0.0800. The normalized spacial score (nSPS) is 21.9. The molecule has 2 unspecified atom stereocenters. The highest BCUT2D eigenvalue weighted by Gasteiger charge is 2.22. The van der Waals surface area contributed by atoms with Gasteiger partial charge in [-0.05, 0) is 40.2 Å². The van der Waals surface area contributed by atoms with Crippen LogP contribution in [0, 0.1) is 0 Å². The summed E-state index contributed by atoms with van der Waals surface area (Å²) in [6.07, 6.45) is 4.02. The zero-order valence-corrected chi connectivity index (χ0v) is 9.51. The first-order valence-electron chi connectivity index (χ1n) is 5.60. The summed E-state index contributed by atoms with van der Waals surface area (Å²) in [4.78, 5) is 2.47. The molecule has 1 N–H and O–H groups in total. The minimum Gasteiger partial charge on any atom is -0.312 e. The lowest BCUT2D eigenvalue weighted by Crippen LogP contribution is -2.42. The Morgan fingerprint density at radius 3 is 2.38 bits per heavy atom. The van der Waals surface area contributed by atoms with E-state index < -0.39 is 0 Å². The van der Waals surface area contributed by atoms with Crippen LogP contribution in [-0.2, 0) is 0 Å². The predicted molar refractivity (Wildman–Crippen MR) is 58.0 cm³/mol. The van der Waals surface area contributed by atoms with Crippen LogP contribution in [0.25, 0.3) is 0 Å². The molecule has 2 atom stereocenters. The summed E-state index contributed by atoms with van der Waals surface area (Å²) in [5.41, 5.74) is 0. The van der Waals surface area contributed by atoms with Crippen molar-refractivity contribution >= 4 is 0 Å². The van der Waals surface area contributed by atoms with Gasteiger partial charge in [0, 0.05) is 24.7 Å². The number of hydrogen-bond acceptors (Lipinski definition) is 2. The van der Waals surface area contributed by atoms with Crippen LogP contribution >= 0.6 is 0 Å². The van der Waals surface area contributed by atoms with Crippen molar-refractivity contribution in [3.63, 3.8) is 0 Å². The highest BCUT2D eigenvalue weighted by Crippen LogP contribution is 2.18. The zero-order chi connectivity index (χ0) is 9.84. The molecule has 2 nitrogen and oxygen atoms in total. The molecule has 2 heteroatoms. The van der Waals surface area contributed by atoms with Crippen molar-refractivity contribution in [2.75, 3.05) is 13.6 Å². The number of rotatable bonds is 6. The molecule has 0 radical (unpaired) electrons. The Balaban J connectivity index is 2.15. The lowest BCUT2D eigenvalue weighted by molar-refractivity contribution is 0.187. The van der Waals surface area contributed by atoms with Crippen LogP contribution < -0.4 is 5.32 Å². The first-order valence-corrected chi connectivity index (χ1v) is 5.60. The van der Waals surface area contributed by atoms with Crippen molar-refractivity contribution in [1.29, 1.82) is 0 Å². The zero-order valence-electron chi connectivity index (χ0n) is 9.51. The van der Waals surface area contributed by atoms with Gasteiger partial charge in [0.05, 0.1) is 0 Å². The molecule has 0 bridgehead atoms. The minimum absolute atomic E-state index is 0.663. The maximum absolute atomic E-state index is 3.57. The molecular formula is C11H24N2. The standard InChI is InChI=1S/C11H24N2/c1-5-9(2)13(4)10(3)8-12-11-6-7-11/h9-12H,5-8H2,1-4H3. The Bertz CT molecular complexity index is 143. The molecule has 0 saturated heterocycles. The highest BCUT2D eigenvalue weighted by atomic mass is 15.2. The van der Waals surface area contributed by atoms with Crippen LogP contribution in [0.3, 0.4) is 0 Å². The van der Waals surface area contributed by atoms with E-state index in [9.17, 15) is 0 Å². The summed E-state index contributed by atoms with van der Waals surface area (Å²) < 4.78 is 0. The third-order valence-corrected chi connectivity index (χ3v) is 3.26. The molecule has 1 aliphatic rings. The lowest BCUT2D eigenvalue weighted by Gasteiger charge is -2.30. The van der Waals surface area contributed by atoms with Crippen molar-refractivity contribution < 1.29 is 0 Å². The van der Waals surface area contributed by atoms with Gasteiger partial charge < -0.3 is 5.32 Å². The number of nitrogens with one attached hydrogen (secondary N) is 1. The van der Waals surface area contributed by atoms with E-state index in [0.717, 1.165) is 12.6 Å². The van der Waals surface area contributed by atoms with Crippen LogP contribution in [-0.4, -0.2) is 36.6 Å². The fourth-order valence-electron chi connectivity index (χ4n) is 1.49. The van der Waals surface area contributed by atoms with E-state index in [1.165, 1.54) is 19.3 Å². The third-order valence-electron chi connectivity index (χ3n) is 3.26. The highest BCUT2D eigenvalue weighted by molar-refractivity contribution is 4.83. The fraction of sp³-hybridized carbons (Fsp3) is 1.00. The monoisotopic (exact) mass is 184 g/mol. The first kappa shape index (κ1) is 11.0.